The van der Waals surface area contributed by atoms with Crippen LogP contribution in [0.3, 0.4) is 0 Å². The smallest absolute Gasteiger partial charge is 0.250 e. The third kappa shape index (κ3) is 1.89. The zero-order valence-electron chi connectivity index (χ0n) is 9.13. The first-order valence-electron chi connectivity index (χ1n) is 5.29. The van der Waals surface area contributed by atoms with E-state index in [-0.39, 0.29) is 18.6 Å². The van der Waals surface area contributed by atoms with Crippen molar-refractivity contribution in [1.29, 1.82) is 0 Å². The number of aromatic hydroxyl groups is 1. The van der Waals surface area contributed by atoms with E-state index in [0.717, 1.165) is 5.56 Å². The summed E-state index contributed by atoms with van der Waals surface area (Å²) in [6.45, 7) is 0.506. The molecule has 4 heteroatoms. The molecule has 0 bridgehead atoms. The molecule has 0 aromatic heterocycles. The minimum absolute atomic E-state index is 0.128. The van der Waals surface area contributed by atoms with Crippen LogP contribution in [-0.4, -0.2) is 24.6 Å². The van der Waals surface area contributed by atoms with Crippen LogP contribution in [0.15, 0.2) is 24.3 Å². The lowest BCUT2D eigenvalue weighted by Gasteiger charge is -2.47. The maximum atomic E-state index is 13.1. The molecule has 88 valence electrons. The molecule has 1 saturated carbocycles. The fourth-order valence-corrected chi connectivity index (χ4v) is 2.54. The molecule has 0 unspecified atom stereocenters. The van der Waals surface area contributed by atoms with Crippen molar-refractivity contribution in [3.05, 3.63) is 29.8 Å². The van der Waals surface area contributed by atoms with Gasteiger partial charge in [-0.3, -0.25) is 0 Å². The van der Waals surface area contributed by atoms with E-state index >= 15 is 0 Å². The molecule has 0 atom stereocenters. The van der Waals surface area contributed by atoms with E-state index in [1.54, 1.807) is 31.3 Å². The first-order chi connectivity index (χ1) is 7.47. The van der Waals surface area contributed by atoms with Crippen LogP contribution in [-0.2, 0) is 5.41 Å². The number of rotatable bonds is 3. The Balaban J connectivity index is 2.28. The molecule has 0 saturated heterocycles. The lowest BCUT2D eigenvalue weighted by molar-refractivity contribution is -0.125. The number of benzene rings is 1. The largest absolute Gasteiger partial charge is 0.508 e. The number of hydrogen-bond acceptors (Lipinski definition) is 2. The summed E-state index contributed by atoms with van der Waals surface area (Å²) in [5.41, 5.74) is 0.254. The van der Waals surface area contributed by atoms with Crippen molar-refractivity contribution >= 4 is 0 Å². The van der Waals surface area contributed by atoms with Gasteiger partial charge in [-0.2, -0.15) is 0 Å². The molecular formula is C12H15F2NO. The highest BCUT2D eigenvalue weighted by molar-refractivity contribution is 5.36. The Hall–Kier alpha value is -1.16. The zero-order valence-corrected chi connectivity index (χ0v) is 9.13. The van der Waals surface area contributed by atoms with Gasteiger partial charge in [0.2, 0.25) is 5.92 Å². The Morgan fingerprint density at radius 1 is 1.38 bits per heavy atom. The Kier molecular flexibility index (Phi) is 2.62. The van der Waals surface area contributed by atoms with E-state index < -0.39 is 11.3 Å². The molecule has 1 aliphatic carbocycles. The second-order valence-electron chi connectivity index (χ2n) is 4.57. The summed E-state index contributed by atoms with van der Waals surface area (Å²) in [5.74, 6) is -2.44. The van der Waals surface area contributed by atoms with Crippen LogP contribution >= 0.6 is 0 Å². The van der Waals surface area contributed by atoms with Crippen molar-refractivity contribution in [3.8, 4) is 5.75 Å². The van der Waals surface area contributed by atoms with Gasteiger partial charge in [0.1, 0.15) is 5.75 Å². The second kappa shape index (κ2) is 3.70. The SMILES string of the molecule is CNCC1(c2cccc(O)c2)CC(F)(F)C1. The predicted molar refractivity (Wildman–Crippen MR) is 57.9 cm³/mol. The molecule has 16 heavy (non-hydrogen) atoms. The number of phenols is 1. The second-order valence-corrected chi connectivity index (χ2v) is 4.57. The molecule has 2 N–H and O–H groups in total. The fraction of sp³-hybridized carbons (Fsp3) is 0.500. The first-order valence-corrected chi connectivity index (χ1v) is 5.29. The lowest BCUT2D eigenvalue weighted by atomic mass is 9.62. The van der Waals surface area contributed by atoms with E-state index in [9.17, 15) is 13.9 Å². The van der Waals surface area contributed by atoms with Crippen LogP contribution in [0.25, 0.3) is 0 Å². The fourth-order valence-electron chi connectivity index (χ4n) is 2.54. The number of phenolic OH excluding ortho intramolecular Hbond substituents is 1. The van der Waals surface area contributed by atoms with E-state index in [2.05, 4.69) is 5.32 Å². The van der Waals surface area contributed by atoms with Crippen molar-refractivity contribution in [2.75, 3.05) is 13.6 Å². The number of likely N-dealkylation sites (N-methyl/N-ethyl adjacent to an activating group) is 1. The summed E-state index contributed by atoms with van der Waals surface area (Å²) < 4.78 is 26.1. The van der Waals surface area contributed by atoms with Crippen LogP contribution in [0.2, 0.25) is 0 Å². The minimum Gasteiger partial charge on any atom is -0.508 e. The Morgan fingerprint density at radius 3 is 2.56 bits per heavy atom. The minimum atomic E-state index is -2.57. The number of hydrogen-bond donors (Lipinski definition) is 2. The Bertz CT molecular complexity index is 384. The maximum absolute atomic E-state index is 13.1. The quantitative estimate of drug-likeness (QED) is 0.830. The molecule has 0 heterocycles. The zero-order chi connectivity index (χ0) is 11.8. The molecule has 1 aromatic rings. The van der Waals surface area contributed by atoms with Crippen molar-refractivity contribution in [2.24, 2.45) is 0 Å². The van der Waals surface area contributed by atoms with Crippen LogP contribution in [0.5, 0.6) is 5.75 Å². The maximum Gasteiger partial charge on any atom is 0.250 e. The molecule has 2 rings (SSSR count). The monoisotopic (exact) mass is 227 g/mol. The molecule has 1 aliphatic rings. The molecule has 0 amide bonds. The van der Waals surface area contributed by atoms with E-state index in [1.165, 1.54) is 0 Å². The summed E-state index contributed by atoms with van der Waals surface area (Å²) in [4.78, 5) is 0. The summed E-state index contributed by atoms with van der Waals surface area (Å²) in [6.07, 6.45) is -0.297. The third-order valence-electron chi connectivity index (χ3n) is 3.17. The number of nitrogens with one attached hydrogen (secondary N) is 1. The van der Waals surface area contributed by atoms with Gasteiger partial charge in [0.25, 0.3) is 0 Å². The van der Waals surface area contributed by atoms with E-state index in [0.29, 0.717) is 6.54 Å². The standard InChI is InChI=1S/C12H15F2NO/c1-15-8-11(6-12(13,14)7-11)9-3-2-4-10(16)5-9/h2-5,15-16H,6-8H2,1H3. The molecular weight excluding hydrogens is 212 g/mol. The van der Waals surface area contributed by atoms with Gasteiger partial charge in [0.15, 0.2) is 0 Å². The molecule has 2 nitrogen and oxygen atoms in total. The lowest BCUT2D eigenvalue weighted by Crippen LogP contribution is -2.54. The average molecular weight is 227 g/mol. The molecule has 0 spiro atoms. The van der Waals surface area contributed by atoms with Gasteiger partial charge < -0.3 is 10.4 Å². The van der Waals surface area contributed by atoms with Gasteiger partial charge in [0, 0.05) is 24.8 Å². The molecule has 1 aromatic carbocycles. The normalized spacial score (nSPS) is 21.4. The predicted octanol–water partition coefficient (Wildman–Crippen LogP) is 2.28. The first kappa shape index (κ1) is 11.3. The summed E-state index contributed by atoms with van der Waals surface area (Å²) in [7, 11) is 1.75. The van der Waals surface area contributed by atoms with Crippen LogP contribution in [0, 0.1) is 0 Å². The van der Waals surface area contributed by atoms with Crippen molar-refractivity contribution < 1.29 is 13.9 Å². The number of alkyl halides is 2. The van der Waals surface area contributed by atoms with Gasteiger partial charge in [-0.1, -0.05) is 12.1 Å². The van der Waals surface area contributed by atoms with Crippen LogP contribution in [0.4, 0.5) is 8.78 Å². The van der Waals surface area contributed by atoms with Gasteiger partial charge in [-0.25, -0.2) is 8.78 Å². The van der Waals surface area contributed by atoms with E-state index in [4.69, 9.17) is 0 Å². The highest BCUT2D eigenvalue weighted by Crippen LogP contribution is 2.53. The summed E-state index contributed by atoms with van der Waals surface area (Å²) in [6, 6.07) is 6.62. The Labute approximate surface area is 93.3 Å². The third-order valence-corrected chi connectivity index (χ3v) is 3.17. The van der Waals surface area contributed by atoms with Crippen molar-refractivity contribution in [3.63, 3.8) is 0 Å². The van der Waals surface area contributed by atoms with Crippen LogP contribution in [0.1, 0.15) is 18.4 Å². The van der Waals surface area contributed by atoms with Crippen molar-refractivity contribution in [2.45, 2.75) is 24.2 Å². The molecule has 0 radical (unpaired) electrons. The average Bonchev–Trinajstić information content (AvgIpc) is 2.15. The highest BCUT2D eigenvalue weighted by atomic mass is 19.3. The van der Waals surface area contributed by atoms with Crippen molar-refractivity contribution in [1.82, 2.24) is 5.32 Å². The summed E-state index contributed by atoms with van der Waals surface area (Å²) >= 11 is 0. The topological polar surface area (TPSA) is 32.3 Å². The van der Waals surface area contributed by atoms with Gasteiger partial charge >= 0.3 is 0 Å². The highest BCUT2D eigenvalue weighted by Gasteiger charge is 2.56. The van der Waals surface area contributed by atoms with Gasteiger partial charge in [0.05, 0.1) is 0 Å². The number of halogens is 2. The Morgan fingerprint density at radius 2 is 2.06 bits per heavy atom. The molecule has 1 fully saturated rings. The van der Waals surface area contributed by atoms with Crippen LogP contribution < -0.4 is 5.32 Å². The molecule has 0 aliphatic heterocycles. The van der Waals surface area contributed by atoms with Gasteiger partial charge in [-0.05, 0) is 24.7 Å². The summed E-state index contributed by atoms with van der Waals surface area (Å²) in [5, 5.41) is 12.3. The van der Waals surface area contributed by atoms with E-state index in [1.807, 2.05) is 0 Å². The van der Waals surface area contributed by atoms with Gasteiger partial charge in [-0.15, -0.1) is 0 Å².